The molecule has 0 spiro atoms. The van der Waals surface area contributed by atoms with E-state index >= 15 is 0 Å². The van der Waals surface area contributed by atoms with E-state index in [0.29, 0.717) is 21.9 Å². The number of ether oxygens (including phenoxy) is 2. The van der Waals surface area contributed by atoms with Crippen molar-refractivity contribution < 1.29 is 9.47 Å². The number of halogens is 2. The predicted molar refractivity (Wildman–Crippen MR) is 79.3 cm³/mol. The van der Waals surface area contributed by atoms with Gasteiger partial charge in [-0.2, -0.15) is 9.97 Å². The van der Waals surface area contributed by atoms with Gasteiger partial charge in [0.05, 0.1) is 11.1 Å². The lowest BCUT2D eigenvalue weighted by atomic mass is 10.3. The Balaban J connectivity index is 2.21. The van der Waals surface area contributed by atoms with Crippen molar-refractivity contribution >= 4 is 33.5 Å². The second kappa shape index (κ2) is 6.71. The topological polar surface area (TPSA) is 83.2 Å². The zero-order valence-corrected chi connectivity index (χ0v) is 13.0. The largest absolute Gasteiger partial charge is 0.463 e. The van der Waals surface area contributed by atoms with Crippen molar-refractivity contribution in [2.24, 2.45) is 0 Å². The van der Waals surface area contributed by atoms with Crippen LogP contribution in [0, 0.1) is 0 Å². The molecule has 0 aliphatic rings. The van der Waals surface area contributed by atoms with Crippen molar-refractivity contribution in [3.05, 3.63) is 27.7 Å². The van der Waals surface area contributed by atoms with E-state index in [0.717, 1.165) is 6.42 Å². The molecule has 106 valence electrons. The summed E-state index contributed by atoms with van der Waals surface area (Å²) in [5, 5.41) is 0.589. The quantitative estimate of drug-likeness (QED) is 0.880. The molecule has 0 aliphatic heterocycles. The highest BCUT2D eigenvalue weighted by atomic mass is 79.9. The number of nitrogen functional groups attached to an aromatic ring is 1. The van der Waals surface area contributed by atoms with E-state index in [2.05, 4.69) is 30.9 Å². The first-order chi connectivity index (χ1) is 9.58. The fourth-order valence-electron chi connectivity index (χ4n) is 1.31. The highest BCUT2D eigenvalue weighted by Gasteiger charge is 2.10. The second-order valence-corrected chi connectivity index (χ2v) is 5.07. The summed E-state index contributed by atoms with van der Waals surface area (Å²) in [5.41, 5.74) is 5.59. The van der Waals surface area contributed by atoms with Gasteiger partial charge < -0.3 is 15.2 Å². The standard InChI is InChI=1S/C12H12BrClN4O2/c1-2-5-19-11-16-10(15)17-12(18-11)20-9-4-3-7(14)6-8(9)13/h3-4,6H,2,5H2,1H3,(H2,15,16,17,18). The van der Waals surface area contributed by atoms with Crippen molar-refractivity contribution in [1.29, 1.82) is 0 Å². The van der Waals surface area contributed by atoms with Crippen LogP contribution in [0.4, 0.5) is 5.95 Å². The number of nitrogens with two attached hydrogens (primary N) is 1. The second-order valence-electron chi connectivity index (χ2n) is 3.78. The highest BCUT2D eigenvalue weighted by molar-refractivity contribution is 9.10. The molecule has 1 heterocycles. The van der Waals surface area contributed by atoms with Gasteiger partial charge in [0.1, 0.15) is 5.75 Å². The maximum atomic E-state index is 5.86. The Labute approximate surface area is 129 Å². The van der Waals surface area contributed by atoms with Gasteiger partial charge in [-0.15, -0.1) is 4.98 Å². The molecule has 0 radical (unpaired) electrons. The fourth-order valence-corrected chi connectivity index (χ4v) is 2.08. The third-order valence-electron chi connectivity index (χ3n) is 2.14. The van der Waals surface area contributed by atoms with Crippen LogP contribution in [-0.2, 0) is 0 Å². The minimum atomic E-state index is 0.0335. The lowest BCUT2D eigenvalue weighted by Gasteiger charge is -2.08. The number of aromatic nitrogens is 3. The van der Waals surface area contributed by atoms with Gasteiger partial charge in [0.15, 0.2) is 0 Å². The van der Waals surface area contributed by atoms with E-state index in [1.165, 1.54) is 0 Å². The molecule has 2 rings (SSSR count). The van der Waals surface area contributed by atoms with Gasteiger partial charge in [0.25, 0.3) is 0 Å². The van der Waals surface area contributed by atoms with Crippen LogP contribution >= 0.6 is 27.5 Å². The van der Waals surface area contributed by atoms with Gasteiger partial charge >= 0.3 is 12.0 Å². The van der Waals surface area contributed by atoms with Crippen LogP contribution in [0.25, 0.3) is 0 Å². The Hall–Kier alpha value is -1.60. The van der Waals surface area contributed by atoms with Gasteiger partial charge in [-0.1, -0.05) is 18.5 Å². The molecule has 0 fully saturated rings. The zero-order chi connectivity index (χ0) is 14.5. The zero-order valence-electron chi connectivity index (χ0n) is 10.6. The molecule has 20 heavy (non-hydrogen) atoms. The van der Waals surface area contributed by atoms with Gasteiger partial charge in [0.2, 0.25) is 5.95 Å². The summed E-state index contributed by atoms with van der Waals surface area (Å²) in [7, 11) is 0. The summed E-state index contributed by atoms with van der Waals surface area (Å²) >= 11 is 9.20. The molecule has 0 saturated carbocycles. The molecule has 0 atom stereocenters. The van der Waals surface area contributed by atoms with Crippen LogP contribution in [0.15, 0.2) is 22.7 Å². The predicted octanol–water partition coefficient (Wildman–Crippen LogP) is 3.45. The highest BCUT2D eigenvalue weighted by Crippen LogP contribution is 2.31. The average Bonchev–Trinajstić information content (AvgIpc) is 2.39. The van der Waals surface area contributed by atoms with Crippen molar-refractivity contribution in [3.63, 3.8) is 0 Å². The van der Waals surface area contributed by atoms with Crippen molar-refractivity contribution in [1.82, 2.24) is 15.0 Å². The Bertz CT molecular complexity index is 612. The van der Waals surface area contributed by atoms with Gasteiger partial charge in [0, 0.05) is 5.02 Å². The first kappa shape index (κ1) is 14.8. The Morgan fingerprint density at radius 2 is 2.00 bits per heavy atom. The number of nitrogens with zero attached hydrogens (tertiary/aromatic N) is 3. The Morgan fingerprint density at radius 1 is 1.25 bits per heavy atom. The first-order valence-corrected chi connectivity index (χ1v) is 7.03. The third-order valence-corrected chi connectivity index (χ3v) is 3.00. The summed E-state index contributed by atoms with van der Waals surface area (Å²) in [6.45, 7) is 2.47. The van der Waals surface area contributed by atoms with Crippen molar-refractivity contribution in [2.75, 3.05) is 12.3 Å². The molecular weight excluding hydrogens is 348 g/mol. The maximum absolute atomic E-state index is 5.86. The van der Waals surface area contributed by atoms with Crippen LogP contribution < -0.4 is 15.2 Å². The molecular formula is C12H12BrClN4O2. The molecule has 8 heteroatoms. The smallest absolute Gasteiger partial charge is 0.330 e. The summed E-state index contributed by atoms with van der Waals surface area (Å²) < 4.78 is 11.5. The van der Waals surface area contributed by atoms with Crippen LogP contribution in [0.3, 0.4) is 0 Å². The summed E-state index contributed by atoms with van der Waals surface area (Å²) in [6.07, 6.45) is 0.838. The van der Waals surface area contributed by atoms with E-state index in [1.54, 1.807) is 18.2 Å². The monoisotopic (exact) mass is 358 g/mol. The molecule has 1 aromatic carbocycles. The maximum Gasteiger partial charge on any atom is 0.330 e. The molecule has 0 bridgehead atoms. The minimum absolute atomic E-state index is 0.0335. The van der Waals surface area contributed by atoms with Gasteiger partial charge in [-0.05, 0) is 40.5 Å². The number of anilines is 1. The van der Waals surface area contributed by atoms with Crippen LogP contribution in [0.1, 0.15) is 13.3 Å². The average molecular weight is 360 g/mol. The summed E-state index contributed by atoms with van der Waals surface area (Å²) in [5.74, 6) is 0.549. The molecule has 0 amide bonds. The summed E-state index contributed by atoms with van der Waals surface area (Å²) in [4.78, 5) is 11.8. The van der Waals surface area contributed by atoms with E-state index in [1.807, 2.05) is 6.92 Å². The van der Waals surface area contributed by atoms with E-state index in [9.17, 15) is 0 Å². The Kier molecular flexibility index (Phi) is 4.97. The van der Waals surface area contributed by atoms with Crippen molar-refractivity contribution in [3.8, 4) is 17.8 Å². The fraction of sp³-hybridized carbons (Fsp3) is 0.250. The molecule has 2 aromatic rings. The Morgan fingerprint density at radius 3 is 2.70 bits per heavy atom. The lowest BCUT2D eigenvalue weighted by molar-refractivity contribution is 0.285. The molecule has 2 N–H and O–H groups in total. The minimum Gasteiger partial charge on any atom is -0.463 e. The lowest BCUT2D eigenvalue weighted by Crippen LogP contribution is -2.05. The van der Waals surface area contributed by atoms with Crippen LogP contribution in [0.5, 0.6) is 17.8 Å². The normalized spacial score (nSPS) is 10.3. The third kappa shape index (κ3) is 3.94. The molecule has 0 saturated heterocycles. The molecule has 0 aliphatic carbocycles. The molecule has 1 aromatic heterocycles. The first-order valence-electron chi connectivity index (χ1n) is 5.85. The molecule has 0 unspecified atom stereocenters. The number of hydrogen-bond acceptors (Lipinski definition) is 6. The van der Waals surface area contributed by atoms with Crippen molar-refractivity contribution in [2.45, 2.75) is 13.3 Å². The number of hydrogen-bond donors (Lipinski definition) is 1. The van der Waals surface area contributed by atoms with Crippen LogP contribution in [0.2, 0.25) is 5.02 Å². The van der Waals surface area contributed by atoms with E-state index in [-0.39, 0.29) is 18.0 Å². The van der Waals surface area contributed by atoms with Crippen LogP contribution in [-0.4, -0.2) is 21.6 Å². The van der Waals surface area contributed by atoms with Gasteiger partial charge in [-0.25, -0.2) is 0 Å². The number of rotatable bonds is 5. The summed E-state index contributed by atoms with van der Waals surface area (Å²) in [6, 6.07) is 5.29. The van der Waals surface area contributed by atoms with Gasteiger partial charge in [-0.3, -0.25) is 0 Å². The molecule has 6 nitrogen and oxygen atoms in total. The number of benzene rings is 1. The SMILES string of the molecule is CCCOc1nc(N)nc(Oc2ccc(Cl)cc2Br)n1. The van der Waals surface area contributed by atoms with E-state index in [4.69, 9.17) is 26.8 Å². The van der Waals surface area contributed by atoms with E-state index < -0.39 is 0 Å².